The van der Waals surface area contributed by atoms with E-state index in [-0.39, 0.29) is 17.8 Å². The number of carbonyl (C=O) groups excluding carboxylic acids is 1. The van der Waals surface area contributed by atoms with Crippen molar-refractivity contribution in [2.75, 3.05) is 17.3 Å². The maximum atomic E-state index is 11.8. The summed E-state index contributed by atoms with van der Waals surface area (Å²) in [5.41, 5.74) is 1.09. The Morgan fingerprint density at radius 2 is 2.42 bits per heavy atom. The highest BCUT2D eigenvalue weighted by Crippen LogP contribution is 2.31. The number of halogens is 1. The van der Waals surface area contributed by atoms with E-state index in [9.17, 15) is 4.79 Å². The smallest absolute Gasteiger partial charge is 0.325 e. The van der Waals surface area contributed by atoms with Crippen molar-refractivity contribution >= 4 is 34.9 Å². The molecule has 0 bridgehead atoms. The lowest BCUT2D eigenvalue weighted by Gasteiger charge is -2.09. The van der Waals surface area contributed by atoms with Crippen molar-refractivity contribution in [1.29, 1.82) is 0 Å². The van der Waals surface area contributed by atoms with Crippen LogP contribution in [0.1, 0.15) is 12.0 Å². The van der Waals surface area contributed by atoms with E-state index in [1.807, 2.05) is 18.4 Å². The van der Waals surface area contributed by atoms with Crippen LogP contribution in [0.2, 0.25) is 0 Å². The molecule has 0 aromatic carbocycles. The number of carbonyl (C=O) groups is 1. The first kappa shape index (κ1) is 12.6. The minimum absolute atomic E-state index is 0.0104. The predicted octanol–water partition coefficient (Wildman–Crippen LogP) is 2.70. The molecule has 3 heterocycles. The number of hydrogen-bond donors (Lipinski definition) is 0. The third-order valence-electron chi connectivity index (χ3n) is 3.12. The van der Waals surface area contributed by atoms with Crippen molar-refractivity contribution in [3.63, 3.8) is 0 Å². The fourth-order valence-electron chi connectivity index (χ4n) is 2.08. The van der Waals surface area contributed by atoms with Gasteiger partial charge in [0.25, 0.3) is 5.89 Å². The maximum Gasteiger partial charge on any atom is 0.325 e. The first-order valence-electron chi connectivity index (χ1n) is 5.93. The van der Waals surface area contributed by atoms with Gasteiger partial charge in [0.2, 0.25) is 5.91 Å². The van der Waals surface area contributed by atoms with Crippen LogP contribution in [0.25, 0.3) is 10.8 Å². The first-order valence-corrected chi connectivity index (χ1v) is 7.34. The zero-order valence-corrected chi connectivity index (χ0v) is 11.9. The van der Waals surface area contributed by atoms with Crippen LogP contribution in [-0.2, 0) is 4.79 Å². The number of aryl methyl sites for hydroxylation is 1. The van der Waals surface area contributed by atoms with E-state index in [0.717, 1.165) is 10.4 Å². The summed E-state index contributed by atoms with van der Waals surface area (Å²) in [6, 6.07) is 2.26. The molecule has 1 aliphatic rings. The van der Waals surface area contributed by atoms with E-state index in [2.05, 4.69) is 10.2 Å². The molecular weight excluding hydrogens is 286 g/mol. The largest absolute Gasteiger partial charge is 0.402 e. The molecule has 0 aliphatic carbocycles. The minimum Gasteiger partial charge on any atom is -0.402 e. The molecule has 1 unspecified atom stereocenters. The Kier molecular flexibility index (Phi) is 3.28. The lowest BCUT2D eigenvalue weighted by atomic mass is 10.2. The van der Waals surface area contributed by atoms with Crippen LogP contribution in [0.3, 0.4) is 0 Å². The Morgan fingerprint density at radius 1 is 1.58 bits per heavy atom. The van der Waals surface area contributed by atoms with Gasteiger partial charge in [-0.2, -0.15) is 0 Å². The fourth-order valence-corrected chi connectivity index (χ4v) is 3.13. The van der Waals surface area contributed by atoms with E-state index in [1.165, 1.54) is 4.90 Å². The van der Waals surface area contributed by atoms with Crippen LogP contribution in [0.15, 0.2) is 15.9 Å². The number of aromatic nitrogens is 2. The van der Waals surface area contributed by atoms with E-state index in [4.69, 9.17) is 16.0 Å². The van der Waals surface area contributed by atoms with E-state index in [1.54, 1.807) is 11.3 Å². The Balaban J connectivity index is 1.86. The summed E-state index contributed by atoms with van der Waals surface area (Å²) < 4.78 is 5.61. The lowest BCUT2D eigenvalue weighted by Crippen LogP contribution is -2.24. The molecule has 1 aliphatic heterocycles. The number of nitrogens with zero attached hydrogens (tertiary/aromatic N) is 3. The van der Waals surface area contributed by atoms with Crippen molar-refractivity contribution in [3.8, 4) is 10.8 Å². The second-order valence-electron chi connectivity index (χ2n) is 4.55. The molecule has 100 valence electrons. The average Bonchev–Trinajstić information content (AvgIpc) is 3.07. The van der Waals surface area contributed by atoms with Crippen LogP contribution >= 0.6 is 22.9 Å². The molecule has 19 heavy (non-hydrogen) atoms. The van der Waals surface area contributed by atoms with Crippen molar-refractivity contribution in [2.24, 2.45) is 5.92 Å². The van der Waals surface area contributed by atoms with Crippen molar-refractivity contribution in [2.45, 2.75) is 13.3 Å². The predicted molar refractivity (Wildman–Crippen MR) is 73.5 cm³/mol. The minimum atomic E-state index is -0.0104. The number of alkyl halides is 1. The number of rotatable bonds is 3. The van der Waals surface area contributed by atoms with Crippen molar-refractivity contribution in [3.05, 3.63) is 17.0 Å². The van der Waals surface area contributed by atoms with Gasteiger partial charge in [0.05, 0.1) is 4.88 Å². The maximum absolute atomic E-state index is 11.8. The molecule has 7 heteroatoms. The molecule has 2 aromatic heterocycles. The summed E-state index contributed by atoms with van der Waals surface area (Å²) in [7, 11) is 0. The Hall–Kier alpha value is -1.40. The second-order valence-corrected chi connectivity index (χ2v) is 5.78. The van der Waals surface area contributed by atoms with Gasteiger partial charge >= 0.3 is 6.01 Å². The van der Waals surface area contributed by atoms with Crippen molar-refractivity contribution < 1.29 is 9.21 Å². The number of amides is 1. The molecule has 3 rings (SSSR count). The summed E-state index contributed by atoms with van der Waals surface area (Å²) in [4.78, 5) is 14.3. The molecule has 1 saturated heterocycles. The van der Waals surface area contributed by atoms with E-state index >= 15 is 0 Å². The summed E-state index contributed by atoms with van der Waals surface area (Å²) in [5.74, 6) is 1.08. The highest BCUT2D eigenvalue weighted by Gasteiger charge is 2.33. The second kappa shape index (κ2) is 4.94. The molecule has 5 nitrogen and oxygen atoms in total. The van der Waals surface area contributed by atoms with E-state index in [0.29, 0.717) is 24.7 Å². The Morgan fingerprint density at radius 3 is 3.05 bits per heavy atom. The van der Waals surface area contributed by atoms with Gasteiger partial charge in [-0.3, -0.25) is 9.69 Å². The topological polar surface area (TPSA) is 59.2 Å². The molecule has 2 aromatic rings. The van der Waals surface area contributed by atoms with Gasteiger partial charge < -0.3 is 4.42 Å². The van der Waals surface area contributed by atoms with Gasteiger partial charge in [0.1, 0.15) is 0 Å². The molecule has 0 radical (unpaired) electrons. The third kappa shape index (κ3) is 2.26. The highest BCUT2D eigenvalue weighted by atomic mass is 35.5. The van der Waals surface area contributed by atoms with Crippen LogP contribution < -0.4 is 4.90 Å². The van der Waals surface area contributed by atoms with Crippen LogP contribution in [0.5, 0.6) is 0 Å². The summed E-state index contributed by atoms with van der Waals surface area (Å²) >= 11 is 7.33. The standard InChI is InChI=1S/C12H12ClN3O2S/c1-7-2-3-19-10(7)11-14-15-12(18-11)16-6-8(5-13)4-9(16)17/h2-3,8H,4-6H2,1H3. The number of thiophene rings is 1. The monoisotopic (exact) mass is 297 g/mol. The SMILES string of the molecule is Cc1ccsc1-c1nnc(N2CC(CCl)CC2=O)o1. The fraction of sp³-hybridized carbons (Fsp3) is 0.417. The molecule has 1 atom stereocenters. The Bertz CT molecular complexity index is 610. The summed E-state index contributed by atoms with van der Waals surface area (Å²) in [6.07, 6.45) is 0.444. The zero-order chi connectivity index (χ0) is 13.4. The zero-order valence-electron chi connectivity index (χ0n) is 10.3. The quantitative estimate of drug-likeness (QED) is 0.817. The first-order chi connectivity index (χ1) is 9.19. The van der Waals surface area contributed by atoms with Gasteiger partial charge in [0, 0.05) is 18.8 Å². The average molecular weight is 298 g/mol. The molecule has 1 fully saturated rings. The van der Waals surface area contributed by atoms with Gasteiger partial charge in [-0.15, -0.1) is 28.0 Å². The van der Waals surface area contributed by atoms with Gasteiger partial charge in [-0.25, -0.2) is 0 Å². The molecule has 1 amide bonds. The number of anilines is 1. The molecule has 0 spiro atoms. The Labute approximate surface area is 119 Å². The third-order valence-corrected chi connectivity index (χ3v) is 4.57. The van der Waals surface area contributed by atoms with Gasteiger partial charge in [-0.05, 0) is 29.9 Å². The van der Waals surface area contributed by atoms with Crippen LogP contribution in [0, 0.1) is 12.8 Å². The van der Waals surface area contributed by atoms with Crippen LogP contribution in [-0.4, -0.2) is 28.5 Å². The van der Waals surface area contributed by atoms with Gasteiger partial charge in [-0.1, -0.05) is 5.10 Å². The van der Waals surface area contributed by atoms with Gasteiger partial charge in [0.15, 0.2) is 0 Å². The highest BCUT2D eigenvalue weighted by molar-refractivity contribution is 7.13. The summed E-state index contributed by atoms with van der Waals surface area (Å²) in [6.45, 7) is 2.54. The number of hydrogen-bond acceptors (Lipinski definition) is 5. The normalized spacial score (nSPS) is 19.4. The van der Waals surface area contributed by atoms with Crippen molar-refractivity contribution in [1.82, 2.24) is 10.2 Å². The lowest BCUT2D eigenvalue weighted by molar-refractivity contribution is -0.117. The molecule has 0 saturated carbocycles. The van der Waals surface area contributed by atoms with E-state index < -0.39 is 0 Å². The molecular formula is C12H12ClN3O2S. The summed E-state index contributed by atoms with van der Waals surface area (Å²) in [5, 5.41) is 9.95. The van der Waals surface area contributed by atoms with Crippen LogP contribution in [0.4, 0.5) is 6.01 Å². The molecule has 0 N–H and O–H groups in total.